The van der Waals surface area contributed by atoms with Crippen LogP contribution in [0.25, 0.3) is 0 Å². The molecular weight excluding hydrogens is 270 g/mol. The summed E-state index contributed by atoms with van der Waals surface area (Å²) in [5.74, 6) is -1.72. The van der Waals surface area contributed by atoms with E-state index in [2.05, 4.69) is 0 Å². The number of morpholine rings is 1. The molecule has 1 aromatic heterocycles. The molecule has 1 aliphatic heterocycles. The predicted molar refractivity (Wildman–Crippen MR) is 65.3 cm³/mol. The summed E-state index contributed by atoms with van der Waals surface area (Å²) in [5, 5.41) is 19.8. The number of rotatable bonds is 3. The van der Waals surface area contributed by atoms with Crippen LogP contribution in [0.4, 0.5) is 5.69 Å². The summed E-state index contributed by atoms with van der Waals surface area (Å²) in [6.45, 7) is 0.282. The zero-order valence-electron chi connectivity index (χ0n) is 10.7. The standard InChI is InChI=1S/C11H13N3O6/c1-12-5-7(14(18)19)4-8(12)10(15)13-2-3-20-6-9(13)11(16)17/h4-5,9H,2-3,6H2,1H3,(H,16,17). The van der Waals surface area contributed by atoms with Crippen molar-refractivity contribution in [3.8, 4) is 0 Å². The fraction of sp³-hybridized carbons (Fsp3) is 0.455. The van der Waals surface area contributed by atoms with Gasteiger partial charge in [-0.15, -0.1) is 0 Å². The van der Waals surface area contributed by atoms with E-state index >= 15 is 0 Å². The monoisotopic (exact) mass is 283 g/mol. The van der Waals surface area contributed by atoms with Crippen LogP contribution in [0.15, 0.2) is 12.3 Å². The molecule has 2 heterocycles. The van der Waals surface area contributed by atoms with Crippen LogP contribution in [-0.2, 0) is 16.6 Å². The molecule has 0 radical (unpaired) electrons. The Hall–Kier alpha value is -2.42. The summed E-state index contributed by atoms with van der Waals surface area (Å²) < 4.78 is 6.36. The third-order valence-electron chi connectivity index (χ3n) is 3.09. The highest BCUT2D eigenvalue weighted by Crippen LogP contribution is 2.19. The number of hydrogen-bond donors (Lipinski definition) is 1. The Balaban J connectivity index is 2.29. The molecule has 9 heteroatoms. The molecule has 9 nitrogen and oxygen atoms in total. The van der Waals surface area contributed by atoms with Crippen LogP contribution in [-0.4, -0.2) is 57.2 Å². The van der Waals surface area contributed by atoms with Crippen molar-refractivity contribution < 1.29 is 24.4 Å². The van der Waals surface area contributed by atoms with Crippen LogP contribution >= 0.6 is 0 Å². The van der Waals surface area contributed by atoms with Crippen molar-refractivity contribution in [3.05, 3.63) is 28.1 Å². The number of aryl methyl sites for hydroxylation is 1. The summed E-state index contributed by atoms with van der Waals surface area (Å²) in [6.07, 6.45) is 1.21. The van der Waals surface area contributed by atoms with E-state index in [0.717, 1.165) is 11.0 Å². The summed E-state index contributed by atoms with van der Waals surface area (Å²) >= 11 is 0. The fourth-order valence-electron chi connectivity index (χ4n) is 2.06. The first-order valence-electron chi connectivity index (χ1n) is 5.84. The molecule has 1 saturated heterocycles. The Kier molecular flexibility index (Phi) is 3.70. The van der Waals surface area contributed by atoms with Gasteiger partial charge in [0.15, 0.2) is 6.04 Å². The maximum absolute atomic E-state index is 12.3. The summed E-state index contributed by atoms with van der Waals surface area (Å²) in [5.41, 5.74) is -0.138. The molecule has 0 bridgehead atoms. The molecule has 2 rings (SSSR count). The summed E-state index contributed by atoms with van der Waals surface area (Å²) in [6, 6.07) is 0.0571. The number of nitrogens with zero attached hydrogens (tertiary/aromatic N) is 3. The lowest BCUT2D eigenvalue weighted by atomic mass is 10.2. The molecule has 0 aromatic carbocycles. The smallest absolute Gasteiger partial charge is 0.328 e. The summed E-state index contributed by atoms with van der Waals surface area (Å²) in [7, 11) is 1.50. The first-order chi connectivity index (χ1) is 9.41. The SMILES string of the molecule is Cn1cc([N+](=O)[O-])cc1C(=O)N1CCOCC1C(=O)O. The Morgan fingerprint density at radius 2 is 2.25 bits per heavy atom. The number of aromatic nitrogens is 1. The molecule has 1 atom stereocenters. The third-order valence-corrected chi connectivity index (χ3v) is 3.09. The molecule has 108 valence electrons. The van der Waals surface area contributed by atoms with Gasteiger partial charge in [0.25, 0.3) is 11.6 Å². The maximum Gasteiger partial charge on any atom is 0.328 e. The first-order valence-corrected chi connectivity index (χ1v) is 5.84. The van der Waals surface area contributed by atoms with Crippen molar-refractivity contribution in [3.63, 3.8) is 0 Å². The molecule has 1 fully saturated rings. The highest BCUT2D eigenvalue weighted by molar-refractivity contribution is 5.96. The van der Waals surface area contributed by atoms with Gasteiger partial charge in [-0.2, -0.15) is 0 Å². The number of carboxylic acid groups (broad SMARTS) is 1. The molecule has 0 saturated carbocycles. The van der Waals surface area contributed by atoms with Crippen molar-refractivity contribution >= 4 is 17.6 Å². The minimum Gasteiger partial charge on any atom is -0.480 e. The maximum atomic E-state index is 12.3. The molecule has 1 unspecified atom stereocenters. The number of hydrogen-bond acceptors (Lipinski definition) is 5. The fourth-order valence-corrected chi connectivity index (χ4v) is 2.06. The molecular formula is C11H13N3O6. The Bertz CT molecular complexity index is 567. The van der Waals surface area contributed by atoms with Gasteiger partial charge >= 0.3 is 5.97 Å². The highest BCUT2D eigenvalue weighted by Gasteiger charge is 2.34. The van der Waals surface area contributed by atoms with E-state index in [1.807, 2.05) is 0 Å². The van der Waals surface area contributed by atoms with Gasteiger partial charge < -0.3 is 19.3 Å². The quantitative estimate of drug-likeness (QED) is 0.609. The molecule has 0 spiro atoms. The van der Waals surface area contributed by atoms with Crippen molar-refractivity contribution in [2.75, 3.05) is 19.8 Å². The van der Waals surface area contributed by atoms with E-state index < -0.39 is 22.8 Å². The predicted octanol–water partition coefficient (Wildman–Crippen LogP) is -0.141. The van der Waals surface area contributed by atoms with E-state index in [0.29, 0.717) is 0 Å². The van der Waals surface area contributed by atoms with Crippen molar-refractivity contribution in [1.82, 2.24) is 9.47 Å². The van der Waals surface area contributed by atoms with Crippen molar-refractivity contribution in [2.24, 2.45) is 7.05 Å². The van der Waals surface area contributed by atoms with Gasteiger partial charge in [-0.05, 0) is 0 Å². The molecule has 1 amide bonds. The van der Waals surface area contributed by atoms with Crippen LogP contribution in [0.5, 0.6) is 0 Å². The lowest BCUT2D eigenvalue weighted by Gasteiger charge is -2.32. The third kappa shape index (κ3) is 2.48. The number of aliphatic carboxylic acids is 1. The van der Waals surface area contributed by atoms with Gasteiger partial charge in [0, 0.05) is 19.7 Å². The lowest BCUT2D eigenvalue weighted by Crippen LogP contribution is -2.52. The van der Waals surface area contributed by atoms with Gasteiger partial charge in [-0.25, -0.2) is 4.79 Å². The normalized spacial score (nSPS) is 18.9. The minimum atomic E-state index is -1.17. The van der Waals surface area contributed by atoms with E-state index in [1.165, 1.54) is 17.8 Å². The molecule has 1 N–H and O–H groups in total. The Morgan fingerprint density at radius 1 is 1.55 bits per heavy atom. The highest BCUT2D eigenvalue weighted by atomic mass is 16.6. The summed E-state index contributed by atoms with van der Waals surface area (Å²) in [4.78, 5) is 34.7. The zero-order chi connectivity index (χ0) is 14.9. The van der Waals surface area contributed by atoms with Crippen LogP contribution < -0.4 is 0 Å². The van der Waals surface area contributed by atoms with E-state index in [9.17, 15) is 19.7 Å². The number of nitro groups is 1. The molecule has 20 heavy (non-hydrogen) atoms. The average Bonchev–Trinajstić information content (AvgIpc) is 2.80. The Morgan fingerprint density at radius 3 is 2.80 bits per heavy atom. The minimum absolute atomic E-state index is 0.0739. The van der Waals surface area contributed by atoms with E-state index in [-0.39, 0.29) is 31.1 Å². The second-order valence-electron chi connectivity index (χ2n) is 4.38. The number of amides is 1. The van der Waals surface area contributed by atoms with E-state index in [1.54, 1.807) is 0 Å². The number of carbonyl (C=O) groups excluding carboxylic acids is 1. The van der Waals surface area contributed by atoms with Gasteiger partial charge in [0.05, 0.1) is 24.3 Å². The van der Waals surface area contributed by atoms with Crippen molar-refractivity contribution in [2.45, 2.75) is 6.04 Å². The number of carbonyl (C=O) groups is 2. The van der Waals surface area contributed by atoms with Crippen molar-refractivity contribution in [1.29, 1.82) is 0 Å². The van der Waals surface area contributed by atoms with Crippen LogP contribution in [0.2, 0.25) is 0 Å². The molecule has 1 aromatic rings. The average molecular weight is 283 g/mol. The van der Waals surface area contributed by atoms with Gasteiger partial charge in [-0.3, -0.25) is 14.9 Å². The molecule has 0 aliphatic carbocycles. The zero-order valence-corrected chi connectivity index (χ0v) is 10.7. The van der Waals surface area contributed by atoms with Gasteiger partial charge in [0.2, 0.25) is 0 Å². The lowest BCUT2D eigenvalue weighted by molar-refractivity contribution is -0.384. The van der Waals surface area contributed by atoms with Gasteiger partial charge in [-0.1, -0.05) is 0 Å². The number of carboxylic acids is 1. The number of ether oxygens (including phenoxy) is 1. The first kappa shape index (κ1) is 14.0. The van der Waals surface area contributed by atoms with Gasteiger partial charge in [0.1, 0.15) is 5.69 Å². The van der Waals surface area contributed by atoms with E-state index in [4.69, 9.17) is 9.84 Å². The van der Waals surface area contributed by atoms with Crippen LogP contribution in [0.3, 0.4) is 0 Å². The molecule has 1 aliphatic rings. The Labute approximate surface area is 113 Å². The van der Waals surface area contributed by atoms with Crippen LogP contribution in [0.1, 0.15) is 10.5 Å². The topological polar surface area (TPSA) is 115 Å². The van der Waals surface area contributed by atoms with Crippen LogP contribution in [0, 0.1) is 10.1 Å². The second kappa shape index (κ2) is 5.29. The largest absolute Gasteiger partial charge is 0.480 e. The second-order valence-corrected chi connectivity index (χ2v) is 4.38.